The van der Waals surface area contributed by atoms with Gasteiger partial charge in [-0.05, 0) is 48.6 Å². The van der Waals surface area contributed by atoms with E-state index in [-0.39, 0.29) is 18.9 Å². The summed E-state index contributed by atoms with van der Waals surface area (Å²) in [6.45, 7) is 0.520. The lowest BCUT2D eigenvalue weighted by Gasteiger charge is -2.08. The molecule has 140 valence electrons. The van der Waals surface area contributed by atoms with Crippen molar-refractivity contribution in [2.45, 2.75) is 19.6 Å². The maximum absolute atomic E-state index is 11.4. The Morgan fingerprint density at radius 1 is 1.19 bits per heavy atom. The molecule has 7 nitrogen and oxygen atoms in total. The Morgan fingerprint density at radius 3 is 2.56 bits per heavy atom. The number of nitrogens with zero attached hydrogens (tertiary/aromatic N) is 3. The highest BCUT2D eigenvalue weighted by molar-refractivity contribution is 7.71. The maximum Gasteiger partial charge on any atom is 0.235 e. The van der Waals surface area contributed by atoms with Crippen LogP contribution in [0.2, 0.25) is 5.02 Å². The summed E-state index contributed by atoms with van der Waals surface area (Å²) in [5.74, 6) is 6.13. The van der Waals surface area contributed by atoms with Gasteiger partial charge in [0.1, 0.15) is 12.4 Å². The van der Waals surface area contributed by atoms with Gasteiger partial charge in [-0.15, -0.1) is 0 Å². The fourth-order valence-corrected chi connectivity index (χ4v) is 2.96. The van der Waals surface area contributed by atoms with E-state index in [9.17, 15) is 4.79 Å². The Morgan fingerprint density at radius 2 is 1.89 bits per heavy atom. The SMILES string of the molecule is NNC(=O)CCn1nc(COc2ccc(Cl)cc2)n(-c2ccccc2)c1=S. The number of aryl methyl sites for hydroxylation is 1. The zero-order chi connectivity index (χ0) is 19.2. The maximum atomic E-state index is 11.4. The van der Waals surface area contributed by atoms with E-state index in [2.05, 4.69) is 10.5 Å². The number of benzene rings is 2. The summed E-state index contributed by atoms with van der Waals surface area (Å²) in [4.78, 5) is 11.4. The van der Waals surface area contributed by atoms with Crippen molar-refractivity contribution in [3.05, 3.63) is 70.2 Å². The van der Waals surface area contributed by atoms with E-state index in [1.165, 1.54) is 0 Å². The number of amides is 1. The number of hydrazine groups is 1. The van der Waals surface area contributed by atoms with Crippen molar-refractivity contribution >= 4 is 29.7 Å². The number of para-hydroxylation sites is 1. The van der Waals surface area contributed by atoms with Gasteiger partial charge in [0, 0.05) is 17.1 Å². The number of ether oxygens (including phenoxy) is 1. The van der Waals surface area contributed by atoms with E-state index in [0.717, 1.165) is 5.69 Å². The zero-order valence-corrected chi connectivity index (χ0v) is 15.9. The molecule has 3 aromatic rings. The number of hydrogen-bond donors (Lipinski definition) is 2. The zero-order valence-electron chi connectivity index (χ0n) is 14.3. The molecule has 0 unspecified atom stereocenters. The van der Waals surface area contributed by atoms with Crippen LogP contribution in [0.4, 0.5) is 0 Å². The molecule has 0 atom stereocenters. The second-order valence-electron chi connectivity index (χ2n) is 5.65. The first-order chi connectivity index (χ1) is 13.1. The van der Waals surface area contributed by atoms with Crippen LogP contribution in [0, 0.1) is 4.77 Å². The summed E-state index contributed by atoms with van der Waals surface area (Å²) in [5.41, 5.74) is 2.97. The smallest absolute Gasteiger partial charge is 0.235 e. The average Bonchev–Trinajstić information content (AvgIpc) is 3.01. The van der Waals surface area contributed by atoms with E-state index in [4.69, 9.17) is 34.4 Å². The van der Waals surface area contributed by atoms with Crippen LogP contribution in [-0.2, 0) is 17.9 Å². The number of aromatic nitrogens is 3. The van der Waals surface area contributed by atoms with E-state index in [1.54, 1.807) is 28.9 Å². The number of carbonyl (C=O) groups is 1. The molecule has 0 saturated carbocycles. The quantitative estimate of drug-likeness (QED) is 0.274. The third kappa shape index (κ3) is 4.73. The third-order valence-corrected chi connectivity index (χ3v) is 4.46. The first kappa shape index (κ1) is 19.1. The largest absolute Gasteiger partial charge is 0.486 e. The topological polar surface area (TPSA) is 87.1 Å². The minimum Gasteiger partial charge on any atom is -0.486 e. The van der Waals surface area contributed by atoms with Crippen molar-refractivity contribution in [2.75, 3.05) is 0 Å². The number of halogens is 1. The molecule has 0 aliphatic carbocycles. The van der Waals surface area contributed by atoms with Gasteiger partial charge in [0.2, 0.25) is 10.7 Å². The second-order valence-corrected chi connectivity index (χ2v) is 6.45. The van der Waals surface area contributed by atoms with Crippen LogP contribution in [-0.4, -0.2) is 20.3 Å². The monoisotopic (exact) mass is 403 g/mol. The van der Waals surface area contributed by atoms with Gasteiger partial charge in [-0.1, -0.05) is 29.8 Å². The molecule has 0 aliphatic rings. The van der Waals surface area contributed by atoms with Crippen molar-refractivity contribution in [1.29, 1.82) is 0 Å². The molecule has 0 fully saturated rings. The van der Waals surface area contributed by atoms with Gasteiger partial charge in [-0.25, -0.2) is 10.5 Å². The highest BCUT2D eigenvalue weighted by Gasteiger charge is 2.14. The molecule has 2 aromatic carbocycles. The standard InChI is InChI=1S/C18H18ClN5O2S/c19-13-6-8-15(9-7-13)26-12-16-22-23(11-10-17(25)21-20)18(27)24(16)14-4-2-1-3-5-14/h1-9H,10-12,20H2,(H,21,25). The molecule has 0 aliphatic heterocycles. The van der Waals surface area contributed by atoms with Crippen molar-refractivity contribution in [3.8, 4) is 11.4 Å². The van der Waals surface area contributed by atoms with Crippen LogP contribution >= 0.6 is 23.8 Å². The molecule has 0 bridgehead atoms. The van der Waals surface area contributed by atoms with E-state index < -0.39 is 0 Å². The molecule has 0 spiro atoms. The lowest BCUT2D eigenvalue weighted by atomic mass is 10.3. The van der Waals surface area contributed by atoms with Crippen molar-refractivity contribution < 1.29 is 9.53 Å². The van der Waals surface area contributed by atoms with Crippen LogP contribution in [0.3, 0.4) is 0 Å². The predicted octanol–water partition coefficient (Wildman–Crippen LogP) is 3.02. The van der Waals surface area contributed by atoms with Gasteiger partial charge in [0.05, 0.1) is 6.54 Å². The van der Waals surface area contributed by atoms with Crippen molar-refractivity contribution in [3.63, 3.8) is 0 Å². The van der Waals surface area contributed by atoms with Gasteiger partial charge >= 0.3 is 0 Å². The van der Waals surface area contributed by atoms with Crippen molar-refractivity contribution in [1.82, 2.24) is 19.8 Å². The summed E-state index contributed by atoms with van der Waals surface area (Å²) in [6.07, 6.45) is 0.175. The Hall–Kier alpha value is -2.68. The summed E-state index contributed by atoms with van der Waals surface area (Å²) in [7, 11) is 0. The lowest BCUT2D eigenvalue weighted by Crippen LogP contribution is -2.30. The molecular weight excluding hydrogens is 386 g/mol. The lowest BCUT2D eigenvalue weighted by molar-refractivity contribution is -0.121. The third-order valence-electron chi connectivity index (χ3n) is 3.81. The molecular formula is C18H18ClN5O2S. The molecule has 0 radical (unpaired) electrons. The Balaban J connectivity index is 1.89. The van der Waals surface area contributed by atoms with Crippen molar-refractivity contribution in [2.24, 2.45) is 5.84 Å². The number of rotatable bonds is 7. The summed E-state index contributed by atoms with van der Waals surface area (Å²) >= 11 is 11.5. The Bertz CT molecular complexity index is 970. The molecule has 3 rings (SSSR count). The molecule has 9 heteroatoms. The highest BCUT2D eigenvalue weighted by Crippen LogP contribution is 2.18. The van der Waals surface area contributed by atoms with E-state index in [1.807, 2.05) is 34.9 Å². The van der Waals surface area contributed by atoms with Crippen LogP contribution in [0.1, 0.15) is 12.2 Å². The average molecular weight is 404 g/mol. The highest BCUT2D eigenvalue weighted by atomic mass is 35.5. The number of hydrogen-bond acceptors (Lipinski definition) is 5. The van der Waals surface area contributed by atoms with Crippen LogP contribution in [0.15, 0.2) is 54.6 Å². The molecule has 1 amide bonds. The fourth-order valence-electron chi connectivity index (χ4n) is 2.49. The number of nitrogens with two attached hydrogens (primary N) is 1. The van der Waals surface area contributed by atoms with Gasteiger partial charge in [0.25, 0.3) is 0 Å². The predicted molar refractivity (Wildman–Crippen MR) is 105 cm³/mol. The Kier molecular flexibility index (Phi) is 6.23. The summed E-state index contributed by atoms with van der Waals surface area (Å²) in [5, 5.41) is 5.16. The molecule has 27 heavy (non-hydrogen) atoms. The number of nitrogens with one attached hydrogen (secondary N) is 1. The first-order valence-corrected chi connectivity index (χ1v) is 8.99. The van der Waals surface area contributed by atoms with Gasteiger partial charge in [-0.3, -0.25) is 14.8 Å². The minimum atomic E-state index is -0.287. The van der Waals surface area contributed by atoms with Crippen LogP contribution < -0.4 is 16.0 Å². The van der Waals surface area contributed by atoms with E-state index >= 15 is 0 Å². The first-order valence-electron chi connectivity index (χ1n) is 8.20. The molecule has 1 aromatic heterocycles. The van der Waals surface area contributed by atoms with Gasteiger partial charge < -0.3 is 4.74 Å². The second kappa shape index (κ2) is 8.81. The summed E-state index contributed by atoms with van der Waals surface area (Å²) in [6, 6.07) is 16.7. The normalized spacial score (nSPS) is 10.6. The molecule has 0 saturated heterocycles. The van der Waals surface area contributed by atoms with Gasteiger partial charge in [-0.2, -0.15) is 5.10 Å². The fraction of sp³-hybridized carbons (Fsp3) is 0.167. The summed E-state index contributed by atoms with van der Waals surface area (Å²) < 4.78 is 9.72. The number of carbonyl (C=O) groups excluding carboxylic acids is 1. The van der Waals surface area contributed by atoms with Crippen LogP contribution in [0.25, 0.3) is 5.69 Å². The Labute approximate surface area is 166 Å². The van der Waals surface area contributed by atoms with E-state index in [0.29, 0.717) is 27.9 Å². The molecule has 1 heterocycles. The minimum absolute atomic E-state index is 0.175. The van der Waals surface area contributed by atoms with Crippen LogP contribution in [0.5, 0.6) is 5.75 Å². The van der Waals surface area contributed by atoms with Gasteiger partial charge in [0.15, 0.2) is 5.82 Å². The molecule has 3 N–H and O–H groups in total.